The molecule has 1 aliphatic rings. The molecule has 2 aromatic carbocycles. The number of rotatable bonds is 7. The normalized spacial score (nSPS) is 22.0. The molecule has 1 aliphatic carbocycles. The number of amides is 1. The first-order chi connectivity index (χ1) is 14.2. The summed E-state index contributed by atoms with van der Waals surface area (Å²) >= 11 is 0. The molecule has 0 bridgehead atoms. The highest BCUT2D eigenvalue weighted by atomic mass is 32.2. The number of benzene rings is 2. The Hall–Kier alpha value is -2.38. The van der Waals surface area contributed by atoms with E-state index in [1.165, 1.54) is 0 Å². The molecular formula is C24H32N2O4S. The first kappa shape index (κ1) is 23.3. The van der Waals surface area contributed by atoms with Gasteiger partial charge in [0.2, 0.25) is 15.9 Å². The van der Waals surface area contributed by atoms with Gasteiger partial charge in [-0.1, -0.05) is 43.3 Å². The van der Waals surface area contributed by atoms with E-state index in [0.29, 0.717) is 5.69 Å². The molecule has 1 fully saturated rings. The second-order valence-corrected chi connectivity index (χ2v) is 11.2. The van der Waals surface area contributed by atoms with E-state index in [9.17, 15) is 18.3 Å². The number of carbonyl (C=O) groups is 1. The lowest BCUT2D eigenvalue weighted by molar-refractivity contribution is -0.123. The van der Waals surface area contributed by atoms with E-state index in [1.54, 1.807) is 19.9 Å². The number of carbonyl (C=O) groups excluding carboxylic acids is 1. The van der Waals surface area contributed by atoms with Crippen LogP contribution in [0.2, 0.25) is 0 Å². The number of anilines is 1. The predicted molar refractivity (Wildman–Crippen MR) is 123 cm³/mol. The zero-order valence-corrected chi connectivity index (χ0v) is 19.8. The molecule has 7 heteroatoms. The van der Waals surface area contributed by atoms with Crippen molar-refractivity contribution in [1.82, 2.24) is 5.32 Å². The Morgan fingerprint density at radius 3 is 2.32 bits per heavy atom. The van der Waals surface area contributed by atoms with E-state index in [2.05, 4.69) is 17.0 Å². The van der Waals surface area contributed by atoms with Crippen molar-refractivity contribution in [3.05, 3.63) is 64.7 Å². The summed E-state index contributed by atoms with van der Waals surface area (Å²) in [6.07, 6.45) is 1.90. The highest BCUT2D eigenvalue weighted by molar-refractivity contribution is 7.92. The van der Waals surface area contributed by atoms with Crippen LogP contribution in [0, 0.1) is 12.8 Å². The lowest BCUT2D eigenvalue weighted by atomic mass is 9.91. The lowest BCUT2D eigenvalue weighted by Gasteiger charge is -2.20. The van der Waals surface area contributed by atoms with Gasteiger partial charge < -0.3 is 10.4 Å². The third-order valence-corrected chi connectivity index (χ3v) is 6.80. The minimum atomic E-state index is -3.34. The Morgan fingerprint density at radius 2 is 1.81 bits per heavy atom. The minimum absolute atomic E-state index is 0.0116. The molecule has 2 aromatic rings. The second kappa shape index (κ2) is 7.95. The van der Waals surface area contributed by atoms with Crippen LogP contribution in [0.3, 0.4) is 0 Å². The second-order valence-electron chi connectivity index (χ2n) is 9.49. The molecular weight excluding hydrogens is 412 g/mol. The molecule has 0 saturated heterocycles. The van der Waals surface area contributed by atoms with E-state index in [1.807, 2.05) is 50.2 Å². The zero-order valence-electron chi connectivity index (χ0n) is 19.0. The van der Waals surface area contributed by atoms with Crippen LogP contribution < -0.4 is 10.0 Å². The average Bonchev–Trinajstić information content (AvgIpc) is 3.35. The number of hydrogen-bond acceptors (Lipinski definition) is 4. The van der Waals surface area contributed by atoms with Crippen LogP contribution in [0.4, 0.5) is 5.69 Å². The molecule has 3 rings (SSSR count). The van der Waals surface area contributed by atoms with E-state index >= 15 is 0 Å². The van der Waals surface area contributed by atoms with Crippen LogP contribution in [0.25, 0.3) is 0 Å². The summed E-state index contributed by atoms with van der Waals surface area (Å²) in [4.78, 5) is 12.9. The van der Waals surface area contributed by atoms with Crippen molar-refractivity contribution in [3.8, 4) is 0 Å². The maximum Gasteiger partial charge on any atom is 0.229 e. The zero-order chi connectivity index (χ0) is 23.2. The molecule has 168 valence electrons. The van der Waals surface area contributed by atoms with Gasteiger partial charge in [0.25, 0.3) is 0 Å². The number of hydrogen-bond donors (Lipinski definition) is 3. The molecule has 0 spiro atoms. The van der Waals surface area contributed by atoms with Crippen molar-refractivity contribution < 1.29 is 18.3 Å². The van der Waals surface area contributed by atoms with Gasteiger partial charge in [-0.3, -0.25) is 9.52 Å². The Kier molecular flexibility index (Phi) is 5.97. The van der Waals surface area contributed by atoms with Gasteiger partial charge in [-0.25, -0.2) is 8.42 Å². The topological polar surface area (TPSA) is 95.5 Å². The fourth-order valence-electron chi connectivity index (χ4n) is 3.99. The minimum Gasteiger partial charge on any atom is -0.386 e. The fraction of sp³-hybridized carbons (Fsp3) is 0.458. The smallest absolute Gasteiger partial charge is 0.229 e. The van der Waals surface area contributed by atoms with Gasteiger partial charge >= 0.3 is 0 Å². The average molecular weight is 445 g/mol. The third kappa shape index (κ3) is 5.28. The van der Waals surface area contributed by atoms with E-state index in [4.69, 9.17) is 0 Å². The molecule has 0 radical (unpaired) electrons. The summed E-state index contributed by atoms with van der Waals surface area (Å²) < 4.78 is 25.4. The standard InChI is InChI=1S/C24H32N2O4S/c1-15-13-17(7-12-21(15)26-31(6,29)30)16(2)25-22(27)20-14-24(20,5)19-10-8-18(9-11-19)23(3,4)28/h7-13,16,20,26,28H,14H2,1-6H3,(H,25,27)/t16-,20?,24?/m1/s1. The highest BCUT2D eigenvalue weighted by Gasteiger charge is 2.55. The van der Waals surface area contributed by atoms with E-state index in [-0.39, 0.29) is 23.3 Å². The Bertz CT molecular complexity index is 1090. The maximum atomic E-state index is 12.9. The number of aliphatic hydroxyl groups is 1. The lowest BCUT2D eigenvalue weighted by Crippen LogP contribution is -2.30. The van der Waals surface area contributed by atoms with E-state index in [0.717, 1.165) is 34.9 Å². The van der Waals surface area contributed by atoms with Gasteiger partial charge in [-0.05, 0) is 62.4 Å². The summed E-state index contributed by atoms with van der Waals surface area (Å²) in [5.74, 6) is -0.0900. The SMILES string of the molecule is Cc1cc([C@@H](C)NC(=O)C2CC2(C)c2ccc(C(C)(C)O)cc2)ccc1NS(C)(=O)=O. The number of sulfonamides is 1. The molecule has 31 heavy (non-hydrogen) atoms. The van der Waals surface area contributed by atoms with Gasteiger partial charge in [-0.15, -0.1) is 0 Å². The molecule has 1 amide bonds. The van der Waals surface area contributed by atoms with Crippen molar-refractivity contribution in [2.45, 2.75) is 58.1 Å². The van der Waals surface area contributed by atoms with E-state index < -0.39 is 15.6 Å². The van der Waals surface area contributed by atoms with Crippen LogP contribution in [-0.4, -0.2) is 25.7 Å². The molecule has 0 aliphatic heterocycles. The van der Waals surface area contributed by atoms with Crippen molar-refractivity contribution in [1.29, 1.82) is 0 Å². The Balaban J connectivity index is 1.66. The van der Waals surface area contributed by atoms with Crippen LogP contribution in [0.15, 0.2) is 42.5 Å². The van der Waals surface area contributed by atoms with Gasteiger partial charge in [-0.2, -0.15) is 0 Å². The van der Waals surface area contributed by atoms with Crippen molar-refractivity contribution in [3.63, 3.8) is 0 Å². The summed E-state index contributed by atoms with van der Waals surface area (Å²) in [6, 6.07) is 13.1. The summed E-state index contributed by atoms with van der Waals surface area (Å²) in [5.41, 5.74) is 3.10. The third-order valence-electron chi connectivity index (χ3n) is 6.21. The molecule has 3 atom stereocenters. The first-order valence-corrected chi connectivity index (χ1v) is 12.3. The van der Waals surface area contributed by atoms with Crippen LogP contribution >= 0.6 is 0 Å². The summed E-state index contributed by atoms with van der Waals surface area (Å²) in [6.45, 7) is 9.36. The predicted octanol–water partition coefficient (Wildman–Crippen LogP) is 3.75. The molecule has 1 saturated carbocycles. The summed E-state index contributed by atoms with van der Waals surface area (Å²) in [5, 5.41) is 13.2. The number of nitrogens with one attached hydrogen (secondary N) is 2. The van der Waals surface area contributed by atoms with Crippen molar-refractivity contribution in [2.75, 3.05) is 11.0 Å². The molecule has 3 N–H and O–H groups in total. The monoisotopic (exact) mass is 444 g/mol. The van der Waals surface area contributed by atoms with Gasteiger partial charge in [0.05, 0.1) is 23.6 Å². The Labute approximate surface area is 185 Å². The molecule has 0 heterocycles. The molecule has 0 aromatic heterocycles. The van der Waals surface area contributed by atoms with Gasteiger partial charge in [0.1, 0.15) is 0 Å². The quantitative estimate of drug-likeness (QED) is 0.606. The fourth-order valence-corrected chi connectivity index (χ4v) is 4.62. The van der Waals surface area contributed by atoms with Crippen LogP contribution in [0.1, 0.15) is 62.4 Å². The maximum absolute atomic E-state index is 12.9. The van der Waals surface area contributed by atoms with Gasteiger partial charge in [0, 0.05) is 11.3 Å². The molecule has 6 nitrogen and oxygen atoms in total. The summed E-state index contributed by atoms with van der Waals surface area (Å²) in [7, 11) is -3.34. The van der Waals surface area contributed by atoms with Crippen LogP contribution in [0.5, 0.6) is 0 Å². The van der Waals surface area contributed by atoms with Gasteiger partial charge in [0.15, 0.2) is 0 Å². The van der Waals surface area contributed by atoms with Crippen molar-refractivity contribution in [2.24, 2.45) is 5.92 Å². The Morgan fingerprint density at radius 1 is 1.19 bits per heavy atom. The highest BCUT2D eigenvalue weighted by Crippen LogP contribution is 2.54. The first-order valence-electron chi connectivity index (χ1n) is 10.4. The molecule has 2 unspecified atom stereocenters. The number of aryl methyl sites for hydroxylation is 1. The van der Waals surface area contributed by atoms with Crippen LogP contribution in [-0.2, 0) is 25.8 Å². The van der Waals surface area contributed by atoms with Crippen molar-refractivity contribution >= 4 is 21.6 Å². The largest absolute Gasteiger partial charge is 0.386 e.